The largest absolute Gasteiger partial charge is 0.391 e. The first-order valence-corrected chi connectivity index (χ1v) is 17.1. The molecule has 4 atom stereocenters. The molecule has 0 saturated carbocycles. The number of thiazole rings is 1. The third-order valence-corrected chi connectivity index (χ3v) is 9.40. The first kappa shape index (κ1) is 35.7. The van der Waals surface area contributed by atoms with Crippen molar-refractivity contribution in [3.8, 4) is 10.4 Å². The van der Waals surface area contributed by atoms with Gasteiger partial charge in [0, 0.05) is 19.4 Å². The molecule has 0 spiro atoms. The molecule has 2 unspecified atom stereocenters. The number of aromatic nitrogens is 1. The van der Waals surface area contributed by atoms with Gasteiger partial charge in [0.25, 0.3) is 0 Å². The molecule has 5 N–H and O–H groups in total. The van der Waals surface area contributed by atoms with E-state index in [0.717, 1.165) is 60.3 Å². The molecule has 0 radical (unpaired) electrons. The van der Waals surface area contributed by atoms with E-state index >= 15 is 0 Å². The van der Waals surface area contributed by atoms with Gasteiger partial charge in [-0.05, 0) is 49.8 Å². The summed E-state index contributed by atoms with van der Waals surface area (Å²) in [5.74, 6) is -0.809. The molecule has 1 aromatic carbocycles. The molecule has 1 aromatic heterocycles. The maximum Gasteiger partial charge on any atom is 0.246 e. The zero-order valence-electron chi connectivity index (χ0n) is 27.2. The van der Waals surface area contributed by atoms with Crippen LogP contribution in [-0.2, 0) is 14.4 Å². The SMILES string of the molecule is Cc1ncsc1-c1ccc(C(C)NC(=O)[C@H]2C[C@H](O)CN2C(=O)C(NC(=O)CCCCCCCCCCN)C(C)(C)C)cc1. The summed E-state index contributed by atoms with van der Waals surface area (Å²) in [6, 6.07) is 6.10. The Labute approximate surface area is 267 Å². The molecule has 9 nitrogen and oxygen atoms in total. The highest BCUT2D eigenvalue weighted by molar-refractivity contribution is 7.13. The van der Waals surface area contributed by atoms with E-state index in [1.807, 2.05) is 64.4 Å². The van der Waals surface area contributed by atoms with Gasteiger partial charge < -0.3 is 26.4 Å². The molecule has 3 rings (SSSR count). The van der Waals surface area contributed by atoms with Gasteiger partial charge in [0.05, 0.1) is 28.2 Å². The van der Waals surface area contributed by atoms with Crippen molar-refractivity contribution in [3.05, 3.63) is 41.0 Å². The quantitative estimate of drug-likeness (QED) is 0.188. The van der Waals surface area contributed by atoms with Crippen molar-refractivity contribution in [2.45, 2.75) is 123 Å². The summed E-state index contributed by atoms with van der Waals surface area (Å²) < 4.78 is 0. The van der Waals surface area contributed by atoms with Crippen molar-refractivity contribution in [2.75, 3.05) is 13.1 Å². The van der Waals surface area contributed by atoms with Gasteiger partial charge in [-0.15, -0.1) is 11.3 Å². The number of aliphatic hydroxyl groups is 1. The third kappa shape index (κ3) is 10.4. The maximum absolute atomic E-state index is 13.9. The number of aliphatic hydroxyl groups excluding tert-OH is 1. The number of rotatable bonds is 16. The minimum atomic E-state index is -0.814. The van der Waals surface area contributed by atoms with Crippen molar-refractivity contribution in [1.29, 1.82) is 0 Å². The number of nitrogens with zero attached hydrogens (tertiary/aromatic N) is 2. The lowest BCUT2D eigenvalue weighted by molar-refractivity contribution is -0.144. The number of unbranched alkanes of at least 4 members (excludes halogenated alkanes) is 7. The fourth-order valence-corrected chi connectivity index (χ4v) is 6.55. The molecule has 244 valence electrons. The Morgan fingerprint density at radius 2 is 1.64 bits per heavy atom. The molecule has 3 amide bonds. The molecule has 44 heavy (non-hydrogen) atoms. The monoisotopic (exact) mass is 627 g/mol. The topological polar surface area (TPSA) is 138 Å². The van der Waals surface area contributed by atoms with Gasteiger partial charge in [-0.3, -0.25) is 14.4 Å². The number of nitrogens with one attached hydrogen (secondary N) is 2. The third-order valence-electron chi connectivity index (χ3n) is 8.42. The van der Waals surface area contributed by atoms with Crippen LogP contribution in [-0.4, -0.2) is 64.0 Å². The van der Waals surface area contributed by atoms with E-state index in [0.29, 0.717) is 6.42 Å². The molecular formula is C34H53N5O4S. The minimum Gasteiger partial charge on any atom is -0.391 e. The van der Waals surface area contributed by atoms with Crippen molar-refractivity contribution in [1.82, 2.24) is 20.5 Å². The van der Waals surface area contributed by atoms with Crippen molar-refractivity contribution in [2.24, 2.45) is 11.1 Å². The molecule has 2 aromatic rings. The number of benzene rings is 1. The van der Waals surface area contributed by atoms with E-state index in [2.05, 4.69) is 15.6 Å². The van der Waals surface area contributed by atoms with Gasteiger partial charge in [-0.1, -0.05) is 83.6 Å². The van der Waals surface area contributed by atoms with Crippen LogP contribution in [0, 0.1) is 12.3 Å². The van der Waals surface area contributed by atoms with Crippen molar-refractivity contribution < 1.29 is 19.5 Å². The second kappa shape index (κ2) is 17.0. The number of β-amino-alcohol motifs (C(OH)–C–C–N with tert-alkyl or cyclic N) is 1. The lowest BCUT2D eigenvalue weighted by Gasteiger charge is -2.35. The number of nitrogens with two attached hydrogens (primary N) is 1. The van der Waals surface area contributed by atoms with Crippen LogP contribution >= 0.6 is 11.3 Å². The molecule has 0 aliphatic carbocycles. The van der Waals surface area contributed by atoms with Gasteiger partial charge >= 0.3 is 0 Å². The first-order valence-electron chi connectivity index (χ1n) is 16.2. The summed E-state index contributed by atoms with van der Waals surface area (Å²) in [5.41, 5.74) is 9.80. The highest BCUT2D eigenvalue weighted by atomic mass is 32.1. The normalized spacial score (nSPS) is 18.2. The van der Waals surface area contributed by atoms with Gasteiger partial charge in [-0.2, -0.15) is 0 Å². The number of hydrogen-bond donors (Lipinski definition) is 4. The van der Waals surface area contributed by atoms with Crippen LogP contribution in [0.5, 0.6) is 0 Å². The predicted octanol–water partition coefficient (Wildman–Crippen LogP) is 5.26. The van der Waals surface area contributed by atoms with Crippen molar-refractivity contribution >= 4 is 29.1 Å². The second-order valence-electron chi connectivity index (χ2n) is 13.2. The van der Waals surface area contributed by atoms with Crippen molar-refractivity contribution in [3.63, 3.8) is 0 Å². The summed E-state index contributed by atoms with van der Waals surface area (Å²) >= 11 is 1.59. The van der Waals surface area contributed by atoms with Gasteiger partial charge in [0.15, 0.2) is 0 Å². The molecule has 10 heteroatoms. The van der Waals surface area contributed by atoms with E-state index in [9.17, 15) is 19.5 Å². The summed E-state index contributed by atoms with van der Waals surface area (Å²) in [5, 5.41) is 16.5. The molecule has 1 fully saturated rings. The van der Waals surface area contributed by atoms with Gasteiger partial charge in [-0.25, -0.2) is 4.98 Å². The highest BCUT2D eigenvalue weighted by Crippen LogP contribution is 2.29. The van der Waals surface area contributed by atoms with Crippen LogP contribution in [0.1, 0.15) is 109 Å². The average Bonchev–Trinajstić information content (AvgIpc) is 3.59. The lowest BCUT2D eigenvalue weighted by Crippen LogP contribution is -2.57. The van der Waals surface area contributed by atoms with Crippen LogP contribution in [0.4, 0.5) is 0 Å². The standard InChI is InChI=1S/C34H53N5O4S/c1-23(25-15-17-26(18-16-25)30-24(2)36-22-44-30)37-32(42)28-20-27(40)21-39(28)33(43)31(34(3,4)5)38-29(41)14-12-10-8-6-7-9-11-13-19-35/h15-18,22-23,27-28,31,40H,6-14,19-21,35H2,1-5H3,(H,37,42)(H,38,41)/t23?,27-,28+,31?/m0/s1. The van der Waals surface area contributed by atoms with E-state index < -0.39 is 23.6 Å². The highest BCUT2D eigenvalue weighted by Gasteiger charge is 2.44. The van der Waals surface area contributed by atoms with Crippen LogP contribution in [0.25, 0.3) is 10.4 Å². The minimum absolute atomic E-state index is 0.0575. The Morgan fingerprint density at radius 3 is 2.20 bits per heavy atom. The number of carbonyl (C=O) groups is 3. The number of likely N-dealkylation sites (tertiary alicyclic amines) is 1. The molecule has 1 aliphatic rings. The van der Waals surface area contributed by atoms with Gasteiger partial charge in [0.1, 0.15) is 12.1 Å². The number of carbonyl (C=O) groups excluding carboxylic acids is 3. The number of hydrogen-bond acceptors (Lipinski definition) is 7. The molecule has 2 heterocycles. The number of aryl methyl sites for hydroxylation is 1. The average molecular weight is 628 g/mol. The second-order valence-corrected chi connectivity index (χ2v) is 14.1. The van der Waals surface area contributed by atoms with E-state index in [1.54, 1.807) is 11.3 Å². The Bertz CT molecular complexity index is 1210. The fourth-order valence-electron chi connectivity index (χ4n) is 5.74. The molecule has 1 aliphatic heterocycles. The zero-order chi connectivity index (χ0) is 32.3. The van der Waals surface area contributed by atoms with E-state index in [1.165, 1.54) is 24.2 Å². The summed E-state index contributed by atoms with van der Waals surface area (Å²) in [4.78, 5) is 47.1. The predicted molar refractivity (Wildman–Crippen MR) is 177 cm³/mol. The smallest absolute Gasteiger partial charge is 0.246 e. The Morgan fingerprint density at radius 1 is 1.02 bits per heavy atom. The summed E-state index contributed by atoms with van der Waals surface area (Å²) in [6.45, 7) is 10.4. The van der Waals surface area contributed by atoms with Gasteiger partial charge in [0.2, 0.25) is 17.7 Å². The van der Waals surface area contributed by atoms with Crippen LogP contribution in [0.15, 0.2) is 29.8 Å². The first-order chi connectivity index (χ1) is 20.9. The van der Waals surface area contributed by atoms with E-state index in [4.69, 9.17) is 5.73 Å². The summed E-state index contributed by atoms with van der Waals surface area (Å²) in [6.07, 6.45) is 8.37. The summed E-state index contributed by atoms with van der Waals surface area (Å²) in [7, 11) is 0. The maximum atomic E-state index is 13.9. The molecular weight excluding hydrogens is 574 g/mol. The fraction of sp³-hybridized carbons (Fsp3) is 0.647. The van der Waals surface area contributed by atoms with Crippen LogP contribution < -0.4 is 16.4 Å². The Balaban J connectivity index is 1.56. The lowest BCUT2D eigenvalue weighted by atomic mass is 9.85. The number of amides is 3. The molecule has 0 bridgehead atoms. The molecule has 1 saturated heterocycles. The van der Waals surface area contributed by atoms with Crippen LogP contribution in [0.2, 0.25) is 0 Å². The van der Waals surface area contributed by atoms with E-state index in [-0.39, 0.29) is 36.7 Å². The Hall–Kier alpha value is -2.82. The zero-order valence-corrected chi connectivity index (χ0v) is 28.0. The van der Waals surface area contributed by atoms with Crippen LogP contribution in [0.3, 0.4) is 0 Å². The Kier molecular flexibility index (Phi) is 13.8.